The summed E-state index contributed by atoms with van der Waals surface area (Å²) in [6.07, 6.45) is 2.11. The van der Waals surface area contributed by atoms with Crippen LogP contribution in [0.25, 0.3) is 27.5 Å². The number of para-hydroxylation sites is 3. The highest BCUT2D eigenvalue weighted by Gasteiger charge is 2.19. The van der Waals surface area contributed by atoms with Crippen LogP contribution in [-0.2, 0) is 12.8 Å². The lowest BCUT2D eigenvalue weighted by atomic mass is 10.0. The highest BCUT2D eigenvalue weighted by molar-refractivity contribution is 6.10. The lowest BCUT2D eigenvalue weighted by Crippen LogP contribution is -2.02. The number of hydrogen-bond donors (Lipinski definition) is 1. The Morgan fingerprint density at radius 3 is 2.41 bits per heavy atom. The van der Waals surface area contributed by atoms with Gasteiger partial charge in [-0.3, -0.25) is 0 Å². The Bertz CT molecular complexity index is 1390. The second-order valence-electron chi connectivity index (χ2n) is 7.97. The summed E-state index contributed by atoms with van der Waals surface area (Å²) in [6, 6.07) is 30.9. The molecule has 0 unspecified atom stereocenters. The van der Waals surface area contributed by atoms with Gasteiger partial charge in [-0.15, -0.1) is 0 Å². The molecule has 0 aliphatic carbocycles. The minimum absolute atomic E-state index is 1.04. The van der Waals surface area contributed by atoms with Gasteiger partial charge in [-0.05, 0) is 60.7 Å². The van der Waals surface area contributed by atoms with Crippen molar-refractivity contribution in [1.82, 2.24) is 4.57 Å². The lowest BCUT2D eigenvalue weighted by molar-refractivity contribution is 0.975. The molecule has 6 rings (SSSR count). The fourth-order valence-electron chi connectivity index (χ4n) is 4.73. The molecule has 29 heavy (non-hydrogen) atoms. The molecule has 2 heterocycles. The first-order chi connectivity index (χ1) is 14.3. The zero-order valence-corrected chi connectivity index (χ0v) is 16.4. The Balaban J connectivity index is 1.69. The number of nitrogens with zero attached hydrogens (tertiary/aromatic N) is 1. The maximum atomic E-state index is 3.78. The molecule has 4 aromatic carbocycles. The van der Waals surface area contributed by atoms with Crippen LogP contribution in [0.15, 0.2) is 84.9 Å². The molecule has 1 aromatic heterocycles. The first-order valence-corrected chi connectivity index (χ1v) is 10.3. The van der Waals surface area contributed by atoms with E-state index in [4.69, 9.17) is 0 Å². The van der Waals surface area contributed by atoms with Crippen LogP contribution < -0.4 is 5.32 Å². The number of aryl methyl sites for hydroxylation is 3. The summed E-state index contributed by atoms with van der Waals surface area (Å²) in [5.41, 5.74) is 10.2. The monoisotopic (exact) mass is 374 g/mol. The quantitative estimate of drug-likeness (QED) is 0.336. The van der Waals surface area contributed by atoms with Crippen molar-refractivity contribution in [3.63, 3.8) is 0 Å². The summed E-state index contributed by atoms with van der Waals surface area (Å²) in [5.74, 6) is 0. The molecule has 2 heteroatoms. The predicted octanol–water partition coefficient (Wildman–Crippen LogP) is 6.93. The van der Waals surface area contributed by atoms with E-state index in [1.165, 1.54) is 55.6 Å². The van der Waals surface area contributed by atoms with E-state index >= 15 is 0 Å². The van der Waals surface area contributed by atoms with E-state index in [0.29, 0.717) is 0 Å². The summed E-state index contributed by atoms with van der Waals surface area (Å²) >= 11 is 0. The van der Waals surface area contributed by atoms with Gasteiger partial charge in [-0.25, -0.2) is 0 Å². The minimum atomic E-state index is 1.04. The molecular formula is C27H22N2. The van der Waals surface area contributed by atoms with Crippen LogP contribution in [0.4, 0.5) is 11.4 Å². The lowest BCUT2D eigenvalue weighted by Gasteiger charge is -2.17. The number of fused-ring (bicyclic) bond motifs is 5. The average molecular weight is 374 g/mol. The summed E-state index contributed by atoms with van der Waals surface area (Å²) in [4.78, 5) is 0. The van der Waals surface area contributed by atoms with E-state index in [1.807, 2.05) is 0 Å². The van der Waals surface area contributed by atoms with E-state index in [2.05, 4.69) is 102 Å². The first-order valence-electron chi connectivity index (χ1n) is 10.3. The van der Waals surface area contributed by atoms with Crippen LogP contribution in [0.2, 0.25) is 0 Å². The maximum Gasteiger partial charge on any atom is 0.0700 e. The normalized spacial score (nSPS) is 13.0. The van der Waals surface area contributed by atoms with Gasteiger partial charge in [0.05, 0.1) is 22.4 Å². The molecule has 5 aromatic rings. The largest absolute Gasteiger partial charge is 0.353 e. The smallest absolute Gasteiger partial charge is 0.0700 e. The van der Waals surface area contributed by atoms with E-state index in [-0.39, 0.29) is 0 Å². The number of benzene rings is 4. The fraction of sp³-hybridized carbons (Fsp3) is 0.111. The Labute approximate surface area is 170 Å². The molecular weight excluding hydrogens is 352 g/mol. The molecule has 0 atom stereocenters. The molecule has 140 valence electrons. The van der Waals surface area contributed by atoms with Gasteiger partial charge < -0.3 is 9.88 Å². The summed E-state index contributed by atoms with van der Waals surface area (Å²) in [6.45, 7) is 2.17. The second kappa shape index (κ2) is 6.25. The number of rotatable bonds is 1. The van der Waals surface area contributed by atoms with E-state index < -0.39 is 0 Å². The van der Waals surface area contributed by atoms with Crippen molar-refractivity contribution in [2.45, 2.75) is 19.8 Å². The zero-order chi connectivity index (χ0) is 19.4. The summed E-state index contributed by atoms with van der Waals surface area (Å²) in [7, 11) is 0. The van der Waals surface area contributed by atoms with Crippen LogP contribution in [0.3, 0.4) is 0 Å². The number of hydrogen-bond acceptors (Lipinski definition) is 1. The number of nitrogens with one attached hydrogen (secondary N) is 1. The number of aromatic nitrogens is 1. The van der Waals surface area contributed by atoms with Gasteiger partial charge in [0.1, 0.15) is 0 Å². The van der Waals surface area contributed by atoms with E-state index in [9.17, 15) is 0 Å². The second-order valence-corrected chi connectivity index (χ2v) is 7.97. The average Bonchev–Trinajstić information content (AvgIpc) is 2.93. The Morgan fingerprint density at radius 1 is 0.690 bits per heavy atom. The highest BCUT2D eigenvalue weighted by atomic mass is 15.0. The number of anilines is 2. The standard InChI is InChI=1S/C27H22N2/c1-18-13-16-22-21-9-3-5-11-24(21)29(26(22)17-18)25-12-6-8-20-15-14-19-7-2-4-10-23(19)28-27(20)25/h2-13,16-17,28H,14-15H2,1H3. The molecule has 2 nitrogen and oxygen atoms in total. The van der Waals surface area contributed by atoms with Gasteiger partial charge in [-0.1, -0.05) is 60.7 Å². The van der Waals surface area contributed by atoms with Crippen LogP contribution in [0, 0.1) is 6.92 Å². The fourth-order valence-corrected chi connectivity index (χ4v) is 4.73. The third kappa shape index (κ3) is 2.49. The SMILES string of the molecule is Cc1ccc2c3ccccc3n(-c3cccc4c3Nc3ccccc3CC4)c2c1. The molecule has 1 aliphatic heterocycles. The first kappa shape index (κ1) is 16.4. The van der Waals surface area contributed by atoms with Gasteiger partial charge in [0.15, 0.2) is 0 Å². The molecule has 0 bridgehead atoms. The summed E-state index contributed by atoms with van der Waals surface area (Å²) < 4.78 is 2.43. The van der Waals surface area contributed by atoms with Crippen LogP contribution in [-0.4, -0.2) is 4.57 Å². The van der Waals surface area contributed by atoms with Crippen molar-refractivity contribution >= 4 is 33.2 Å². The molecule has 0 saturated carbocycles. The molecule has 0 radical (unpaired) electrons. The van der Waals surface area contributed by atoms with Gasteiger partial charge in [-0.2, -0.15) is 0 Å². The van der Waals surface area contributed by atoms with Gasteiger partial charge in [0.2, 0.25) is 0 Å². The maximum absolute atomic E-state index is 3.78. The minimum Gasteiger partial charge on any atom is -0.353 e. The zero-order valence-electron chi connectivity index (χ0n) is 16.4. The Hall–Kier alpha value is -3.52. The molecule has 0 saturated heterocycles. The molecule has 1 aliphatic rings. The van der Waals surface area contributed by atoms with Crippen LogP contribution in [0.5, 0.6) is 0 Å². The molecule has 0 amide bonds. The predicted molar refractivity (Wildman–Crippen MR) is 123 cm³/mol. The highest BCUT2D eigenvalue weighted by Crippen LogP contribution is 2.39. The third-order valence-electron chi connectivity index (χ3n) is 6.14. The van der Waals surface area contributed by atoms with Crippen LogP contribution in [0.1, 0.15) is 16.7 Å². The molecule has 1 N–H and O–H groups in total. The van der Waals surface area contributed by atoms with Gasteiger partial charge >= 0.3 is 0 Å². The van der Waals surface area contributed by atoms with E-state index in [0.717, 1.165) is 12.8 Å². The van der Waals surface area contributed by atoms with Crippen LogP contribution >= 0.6 is 0 Å². The van der Waals surface area contributed by atoms with Crippen molar-refractivity contribution < 1.29 is 0 Å². The van der Waals surface area contributed by atoms with Gasteiger partial charge in [0.25, 0.3) is 0 Å². The Morgan fingerprint density at radius 2 is 1.45 bits per heavy atom. The van der Waals surface area contributed by atoms with Crippen molar-refractivity contribution in [1.29, 1.82) is 0 Å². The topological polar surface area (TPSA) is 17.0 Å². The summed E-state index contributed by atoms with van der Waals surface area (Å²) in [5, 5.41) is 6.39. The Kier molecular flexibility index (Phi) is 3.54. The molecule has 0 fully saturated rings. The van der Waals surface area contributed by atoms with Crippen molar-refractivity contribution in [3.8, 4) is 5.69 Å². The third-order valence-corrected chi connectivity index (χ3v) is 6.14. The van der Waals surface area contributed by atoms with E-state index in [1.54, 1.807) is 0 Å². The van der Waals surface area contributed by atoms with Gasteiger partial charge in [0, 0.05) is 16.5 Å². The van der Waals surface area contributed by atoms with Crippen molar-refractivity contribution in [2.75, 3.05) is 5.32 Å². The molecule has 0 spiro atoms. The van der Waals surface area contributed by atoms with Crippen molar-refractivity contribution in [2.24, 2.45) is 0 Å². The van der Waals surface area contributed by atoms with Crippen molar-refractivity contribution in [3.05, 3.63) is 102 Å².